The van der Waals surface area contributed by atoms with Crippen LogP contribution >= 0.6 is 0 Å². The normalized spacial score (nSPS) is 15.1. The van der Waals surface area contributed by atoms with Crippen molar-refractivity contribution in [2.75, 3.05) is 19.8 Å². The first-order valence-electron chi connectivity index (χ1n) is 8.01. The molecule has 1 fully saturated rings. The highest BCUT2D eigenvalue weighted by Crippen LogP contribution is 2.27. The predicted octanol–water partition coefficient (Wildman–Crippen LogP) is 2.36. The molecule has 1 heterocycles. The van der Waals surface area contributed by atoms with Crippen LogP contribution in [-0.2, 0) is 28.6 Å². The van der Waals surface area contributed by atoms with Crippen molar-refractivity contribution in [3.05, 3.63) is 52.1 Å². The molecular formula is C19H20O6. The fraction of sp³-hybridized carbons (Fsp3) is 0.316. The van der Waals surface area contributed by atoms with E-state index in [0.717, 1.165) is 11.1 Å². The van der Waals surface area contributed by atoms with Crippen molar-refractivity contribution < 1.29 is 28.6 Å². The first kappa shape index (κ1) is 18.4. The largest absolute Gasteiger partial charge is 0.462 e. The summed E-state index contributed by atoms with van der Waals surface area (Å²) in [7, 11) is 0. The van der Waals surface area contributed by atoms with E-state index in [1.54, 1.807) is 19.9 Å². The number of rotatable bonds is 5. The Morgan fingerprint density at radius 2 is 1.64 bits per heavy atom. The number of hydrogen-bond donors (Lipinski definition) is 0. The number of esters is 3. The van der Waals surface area contributed by atoms with Gasteiger partial charge in [-0.15, -0.1) is 0 Å². The van der Waals surface area contributed by atoms with Crippen LogP contribution in [-0.4, -0.2) is 37.7 Å². The maximum absolute atomic E-state index is 12.2. The van der Waals surface area contributed by atoms with Crippen molar-refractivity contribution in [3.63, 3.8) is 0 Å². The fourth-order valence-corrected chi connectivity index (χ4v) is 2.35. The minimum Gasteiger partial charge on any atom is -0.462 e. The van der Waals surface area contributed by atoms with E-state index in [2.05, 4.69) is 0 Å². The van der Waals surface area contributed by atoms with Crippen molar-refractivity contribution >= 4 is 24.0 Å². The van der Waals surface area contributed by atoms with Gasteiger partial charge in [-0.05, 0) is 32.4 Å². The highest BCUT2D eigenvalue weighted by molar-refractivity contribution is 6.21. The molecule has 0 amide bonds. The van der Waals surface area contributed by atoms with E-state index in [1.165, 1.54) is 0 Å². The highest BCUT2D eigenvalue weighted by atomic mass is 16.6. The van der Waals surface area contributed by atoms with Gasteiger partial charge in [0.2, 0.25) is 0 Å². The van der Waals surface area contributed by atoms with Crippen LogP contribution < -0.4 is 0 Å². The van der Waals surface area contributed by atoms with Crippen molar-refractivity contribution in [2.45, 2.75) is 20.8 Å². The average Bonchev–Trinajstić information content (AvgIpc) is 2.91. The standard InChI is InChI=1S/C19H20O6/c1-4-23-18(21)16(19(22)24-5-2)15-14(11-25-17(15)20)10-13-8-6-12(3)7-9-13/h6-10H,4-5,11H2,1-3H3/b14-10+. The summed E-state index contributed by atoms with van der Waals surface area (Å²) in [6.07, 6.45) is 1.71. The van der Waals surface area contributed by atoms with E-state index in [4.69, 9.17) is 14.2 Å². The number of ether oxygens (including phenoxy) is 3. The molecule has 2 rings (SSSR count). The summed E-state index contributed by atoms with van der Waals surface area (Å²) in [5, 5.41) is 0. The number of cyclic esters (lactones) is 1. The molecule has 0 aliphatic carbocycles. The quantitative estimate of drug-likeness (QED) is 0.268. The third-order valence-corrected chi connectivity index (χ3v) is 3.51. The molecular weight excluding hydrogens is 324 g/mol. The lowest BCUT2D eigenvalue weighted by Gasteiger charge is -2.09. The molecule has 0 N–H and O–H groups in total. The molecule has 1 aromatic carbocycles. The molecule has 1 aromatic rings. The van der Waals surface area contributed by atoms with Gasteiger partial charge in [0, 0.05) is 5.57 Å². The Bertz CT molecular complexity index is 720. The molecule has 1 saturated heterocycles. The summed E-state index contributed by atoms with van der Waals surface area (Å²) >= 11 is 0. The Hall–Kier alpha value is -2.89. The van der Waals surface area contributed by atoms with Crippen LogP contribution in [0.3, 0.4) is 0 Å². The summed E-state index contributed by atoms with van der Waals surface area (Å²) in [5.74, 6) is -2.54. The summed E-state index contributed by atoms with van der Waals surface area (Å²) in [5.41, 5.74) is 1.82. The Morgan fingerprint density at radius 3 is 2.16 bits per heavy atom. The summed E-state index contributed by atoms with van der Waals surface area (Å²) in [6.45, 7) is 5.30. The summed E-state index contributed by atoms with van der Waals surface area (Å²) in [4.78, 5) is 36.6. The SMILES string of the molecule is CCOC(=O)C(C(=O)OCC)=C1C(=O)OC/C1=C\c1ccc(C)cc1. The Labute approximate surface area is 146 Å². The minimum absolute atomic E-state index is 0.0235. The zero-order valence-corrected chi connectivity index (χ0v) is 14.5. The zero-order valence-electron chi connectivity index (χ0n) is 14.5. The first-order valence-corrected chi connectivity index (χ1v) is 8.01. The number of carbonyl (C=O) groups is 3. The molecule has 0 radical (unpaired) electrons. The van der Waals surface area contributed by atoms with Gasteiger partial charge in [-0.25, -0.2) is 14.4 Å². The molecule has 1 aliphatic rings. The van der Waals surface area contributed by atoms with Gasteiger partial charge in [-0.1, -0.05) is 29.8 Å². The molecule has 25 heavy (non-hydrogen) atoms. The van der Waals surface area contributed by atoms with Crippen LogP contribution in [0, 0.1) is 6.92 Å². The Kier molecular flexibility index (Phi) is 6.11. The zero-order chi connectivity index (χ0) is 18.4. The fourth-order valence-electron chi connectivity index (χ4n) is 2.35. The maximum atomic E-state index is 12.2. The third kappa shape index (κ3) is 4.35. The van der Waals surface area contributed by atoms with Crippen molar-refractivity contribution in [1.29, 1.82) is 0 Å². The lowest BCUT2D eigenvalue weighted by atomic mass is 9.99. The van der Waals surface area contributed by atoms with Crippen LogP contribution in [0.25, 0.3) is 6.08 Å². The van der Waals surface area contributed by atoms with Crippen LogP contribution in [0.2, 0.25) is 0 Å². The molecule has 0 bridgehead atoms. The third-order valence-electron chi connectivity index (χ3n) is 3.51. The number of hydrogen-bond acceptors (Lipinski definition) is 6. The lowest BCUT2D eigenvalue weighted by Crippen LogP contribution is -2.22. The second-order valence-electron chi connectivity index (χ2n) is 5.35. The van der Waals surface area contributed by atoms with Crippen LogP contribution in [0.15, 0.2) is 41.0 Å². The van der Waals surface area contributed by atoms with Gasteiger partial charge in [0.05, 0.1) is 18.8 Å². The molecule has 132 valence electrons. The van der Waals surface area contributed by atoms with E-state index in [0.29, 0.717) is 5.57 Å². The van der Waals surface area contributed by atoms with Gasteiger partial charge in [-0.2, -0.15) is 0 Å². The van der Waals surface area contributed by atoms with Crippen molar-refractivity contribution in [2.24, 2.45) is 0 Å². The van der Waals surface area contributed by atoms with Gasteiger partial charge in [-0.3, -0.25) is 0 Å². The van der Waals surface area contributed by atoms with Crippen LogP contribution in [0.4, 0.5) is 0 Å². The number of benzene rings is 1. The van der Waals surface area contributed by atoms with Crippen molar-refractivity contribution in [1.82, 2.24) is 0 Å². The molecule has 0 aromatic heterocycles. The Balaban J connectivity index is 2.54. The van der Waals surface area contributed by atoms with Gasteiger partial charge >= 0.3 is 17.9 Å². The van der Waals surface area contributed by atoms with Gasteiger partial charge in [0.1, 0.15) is 6.61 Å². The molecule has 0 saturated carbocycles. The van der Waals surface area contributed by atoms with E-state index < -0.39 is 23.5 Å². The van der Waals surface area contributed by atoms with E-state index >= 15 is 0 Å². The molecule has 0 spiro atoms. The predicted molar refractivity (Wildman–Crippen MR) is 90.4 cm³/mol. The summed E-state index contributed by atoms with van der Waals surface area (Å²) < 4.78 is 14.9. The minimum atomic E-state index is -0.899. The lowest BCUT2D eigenvalue weighted by molar-refractivity contribution is -0.147. The van der Waals surface area contributed by atoms with Crippen LogP contribution in [0.1, 0.15) is 25.0 Å². The van der Waals surface area contributed by atoms with Gasteiger partial charge < -0.3 is 14.2 Å². The molecule has 0 unspecified atom stereocenters. The molecule has 6 heteroatoms. The van der Waals surface area contributed by atoms with E-state index in [-0.39, 0.29) is 25.4 Å². The topological polar surface area (TPSA) is 78.9 Å². The summed E-state index contributed by atoms with van der Waals surface area (Å²) in [6, 6.07) is 7.59. The smallest absolute Gasteiger partial charge is 0.346 e. The Morgan fingerprint density at radius 1 is 1.08 bits per heavy atom. The average molecular weight is 344 g/mol. The molecule has 6 nitrogen and oxygen atoms in total. The number of carbonyl (C=O) groups excluding carboxylic acids is 3. The monoisotopic (exact) mass is 344 g/mol. The molecule has 1 aliphatic heterocycles. The first-order chi connectivity index (χ1) is 12.0. The second kappa shape index (κ2) is 8.28. The van der Waals surface area contributed by atoms with Gasteiger partial charge in [0.15, 0.2) is 5.57 Å². The second-order valence-corrected chi connectivity index (χ2v) is 5.35. The van der Waals surface area contributed by atoms with Gasteiger partial charge in [0.25, 0.3) is 0 Å². The molecule has 0 atom stereocenters. The van der Waals surface area contributed by atoms with Crippen molar-refractivity contribution in [3.8, 4) is 0 Å². The van der Waals surface area contributed by atoms with E-state index in [9.17, 15) is 14.4 Å². The highest BCUT2D eigenvalue weighted by Gasteiger charge is 2.36. The number of aryl methyl sites for hydroxylation is 1. The van der Waals surface area contributed by atoms with Crippen LogP contribution in [0.5, 0.6) is 0 Å². The van der Waals surface area contributed by atoms with E-state index in [1.807, 2.05) is 31.2 Å². The maximum Gasteiger partial charge on any atom is 0.346 e.